The quantitative estimate of drug-likeness (QED) is 0.296. The molecule has 2 heterocycles. The highest BCUT2D eigenvalue weighted by Gasteiger charge is 2.46. The zero-order valence-electron chi connectivity index (χ0n) is 23.8. The van der Waals surface area contributed by atoms with Gasteiger partial charge in [0.15, 0.2) is 0 Å². The van der Waals surface area contributed by atoms with E-state index >= 15 is 0 Å². The van der Waals surface area contributed by atoms with E-state index in [4.69, 9.17) is 23.2 Å². The lowest BCUT2D eigenvalue weighted by Gasteiger charge is -2.40. The topological polar surface area (TPSA) is 60.9 Å². The Balaban J connectivity index is 1.28. The Kier molecular flexibility index (Phi) is 8.72. The average molecular weight is 615 g/mol. The summed E-state index contributed by atoms with van der Waals surface area (Å²) in [6.45, 7) is 5.69. The van der Waals surface area contributed by atoms with Crippen molar-refractivity contribution in [2.45, 2.75) is 37.5 Å². The van der Waals surface area contributed by atoms with Gasteiger partial charge in [0.05, 0.1) is 22.0 Å². The number of amides is 1. The molecule has 218 valence electrons. The third kappa shape index (κ3) is 6.43. The van der Waals surface area contributed by atoms with Crippen molar-refractivity contribution in [3.05, 3.63) is 99.0 Å². The van der Waals surface area contributed by atoms with Crippen LogP contribution in [0.15, 0.2) is 66.7 Å². The van der Waals surface area contributed by atoms with Gasteiger partial charge in [-0.2, -0.15) is 0 Å². The number of fused-ring (bicyclic) bond motifs is 2. The van der Waals surface area contributed by atoms with Crippen molar-refractivity contribution in [1.29, 1.82) is 0 Å². The number of hydrogen-bond donors (Lipinski definition) is 0. The second kappa shape index (κ2) is 12.0. The molecule has 0 N–H and O–H groups in total. The first-order valence-electron chi connectivity index (χ1n) is 14.0. The van der Waals surface area contributed by atoms with Crippen molar-refractivity contribution in [2.75, 3.05) is 50.3 Å². The number of halogens is 2. The van der Waals surface area contributed by atoms with Crippen molar-refractivity contribution in [2.24, 2.45) is 0 Å². The number of anilines is 1. The Bertz CT molecular complexity index is 1540. The molecule has 3 aromatic carbocycles. The zero-order valence-corrected chi connectivity index (χ0v) is 26.1. The number of nitrogens with zero attached hydrogens (tertiary/aromatic N) is 3. The lowest BCUT2D eigenvalue weighted by Crippen LogP contribution is -2.46. The third-order valence-electron chi connectivity index (χ3n) is 8.72. The number of likely N-dealkylation sites (N-methyl/N-ethyl adjacent to an activating group) is 1. The highest BCUT2D eigenvalue weighted by Crippen LogP contribution is 2.47. The zero-order chi connectivity index (χ0) is 29.4. The van der Waals surface area contributed by atoms with Crippen molar-refractivity contribution in [3.8, 4) is 0 Å². The molecule has 0 bridgehead atoms. The SMILES string of the molecule is Cc1cccc(C(=O)N(C)CC(CCN2CCC3(CC2)CN(S(C)(=O)=O)c2ccccc23)c2ccc(Cl)c(Cl)c2)c1. The molecule has 9 heteroatoms. The minimum absolute atomic E-state index is 0.00555. The molecule has 0 saturated carbocycles. The average Bonchev–Trinajstić information content (AvgIpc) is 3.27. The second-order valence-electron chi connectivity index (χ2n) is 11.6. The Morgan fingerprint density at radius 1 is 1.00 bits per heavy atom. The molecule has 3 aromatic rings. The summed E-state index contributed by atoms with van der Waals surface area (Å²) in [5, 5.41) is 1.02. The summed E-state index contributed by atoms with van der Waals surface area (Å²) in [5.41, 5.74) is 4.61. The largest absolute Gasteiger partial charge is 0.341 e. The fourth-order valence-electron chi connectivity index (χ4n) is 6.39. The minimum Gasteiger partial charge on any atom is -0.341 e. The van der Waals surface area contributed by atoms with E-state index in [0.29, 0.717) is 28.7 Å². The molecule has 1 spiro atoms. The van der Waals surface area contributed by atoms with E-state index in [1.165, 1.54) is 6.26 Å². The number of carbonyl (C=O) groups is 1. The number of para-hydroxylation sites is 1. The monoisotopic (exact) mass is 613 g/mol. The van der Waals surface area contributed by atoms with E-state index in [0.717, 1.165) is 61.3 Å². The van der Waals surface area contributed by atoms with Gasteiger partial charge < -0.3 is 9.80 Å². The summed E-state index contributed by atoms with van der Waals surface area (Å²) in [6.07, 6.45) is 3.95. The molecule has 41 heavy (non-hydrogen) atoms. The predicted molar refractivity (Wildman–Crippen MR) is 168 cm³/mol. The molecule has 6 nitrogen and oxygen atoms in total. The van der Waals surface area contributed by atoms with Crippen LogP contribution in [0.25, 0.3) is 0 Å². The normalized spacial score (nSPS) is 17.4. The van der Waals surface area contributed by atoms with Gasteiger partial charge in [-0.1, -0.05) is 65.2 Å². The maximum atomic E-state index is 13.3. The molecule has 2 aliphatic rings. The van der Waals surface area contributed by atoms with Gasteiger partial charge in [-0.05, 0) is 87.3 Å². The lowest BCUT2D eigenvalue weighted by atomic mass is 9.74. The second-order valence-corrected chi connectivity index (χ2v) is 14.3. The smallest absolute Gasteiger partial charge is 0.253 e. The Morgan fingerprint density at radius 2 is 1.73 bits per heavy atom. The van der Waals surface area contributed by atoms with Crippen LogP contribution in [0.1, 0.15) is 52.2 Å². The molecule has 1 atom stereocenters. The maximum Gasteiger partial charge on any atom is 0.253 e. The van der Waals surface area contributed by atoms with Crippen molar-refractivity contribution >= 4 is 44.8 Å². The Morgan fingerprint density at radius 3 is 2.41 bits per heavy atom. The standard InChI is InChI=1S/C32H37Cl2N3O3S/c1-23-7-6-8-25(19-23)31(38)35(2)21-26(24-11-12-28(33)29(34)20-24)13-16-36-17-14-32(15-18-36)22-37(41(3,39)40)30-10-5-4-9-27(30)32/h4-12,19-20,26H,13-18,21-22H2,1-3H3. The summed E-state index contributed by atoms with van der Waals surface area (Å²) in [5.74, 6) is 0.0707. The highest BCUT2D eigenvalue weighted by molar-refractivity contribution is 7.92. The van der Waals surface area contributed by atoms with Crippen LogP contribution in [0.5, 0.6) is 0 Å². The van der Waals surface area contributed by atoms with Crippen LogP contribution < -0.4 is 4.31 Å². The van der Waals surface area contributed by atoms with Crippen molar-refractivity contribution in [3.63, 3.8) is 0 Å². The van der Waals surface area contributed by atoms with Crippen molar-refractivity contribution < 1.29 is 13.2 Å². The first-order valence-corrected chi connectivity index (χ1v) is 16.6. The first-order chi connectivity index (χ1) is 19.5. The molecule has 1 unspecified atom stereocenters. The van der Waals surface area contributed by atoms with Gasteiger partial charge in [-0.15, -0.1) is 0 Å². The van der Waals surface area contributed by atoms with Gasteiger partial charge in [0.1, 0.15) is 0 Å². The number of likely N-dealkylation sites (tertiary alicyclic amines) is 1. The fourth-order valence-corrected chi connectivity index (χ4v) is 7.70. The molecule has 5 rings (SSSR count). The summed E-state index contributed by atoms with van der Waals surface area (Å²) < 4.78 is 26.7. The highest BCUT2D eigenvalue weighted by atomic mass is 35.5. The molecule has 1 fully saturated rings. The van der Waals surface area contributed by atoms with Crippen LogP contribution >= 0.6 is 23.2 Å². The Labute approximate surface area is 253 Å². The maximum absolute atomic E-state index is 13.3. The molecule has 1 amide bonds. The van der Waals surface area contributed by atoms with Gasteiger partial charge in [0, 0.05) is 37.0 Å². The van der Waals surface area contributed by atoms with E-state index in [1.54, 1.807) is 9.21 Å². The number of rotatable bonds is 8. The van der Waals surface area contributed by atoms with E-state index in [9.17, 15) is 13.2 Å². The number of hydrogen-bond acceptors (Lipinski definition) is 4. The summed E-state index contributed by atoms with van der Waals surface area (Å²) in [6, 6.07) is 21.4. The number of piperidine rings is 1. The van der Waals surface area contributed by atoms with Crippen LogP contribution in [0.4, 0.5) is 5.69 Å². The van der Waals surface area contributed by atoms with Gasteiger partial charge >= 0.3 is 0 Å². The fraction of sp³-hybridized carbons (Fsp3) is 0.406. The van der Waals surface area contributed by atoms with Crippen LogP contribution in [-0.4, -0.2) is 70.2 Å². The Hall–Kier alpha value is -2.58. The number of carbonyl (C=O) groups excluding carboxylic acids is 1. The van der Waals surface area contributed by atoms with Gasteiger partial charge in [0.25, 0.3) is 5.91 Å². The molecule has 0 radical (unpaired) electrons. The van der Waals surface area contributed by atoms with E-state index in [-0.39, 0.29) is 17.2 Å². The third-order valence-corrected chi connectivity index (χ3v) is 10.6. The van der Waals surface area contributed by atoms with E-state index < -0.39 is 10.0 Å². The summed E-state index contributed by atoms with van der Waals surface area (Å²) in [4.78, 5) is 17.5. The minimum atomic E-state index is -3.34. The molecule has 1 saturated heterocycles. The van der Waals surface area contributed by atoms with Crippen LogP contribution in [0, 0.1) is 6.92 Å². The molecule has 0 aromatic heterocycles. The van der Waals surface area contributed by atoms with Gasteiger partial charge in [0.2, 0.25) is 10.0 Å². The predicted octanol–water partition coefficient (Wildman–Crippen LogP) is 6.36. The van der Waals surface area contributed by atoms with Crippen molar-refractivity contribution in [1.82, 2.24) is 9.80 Å². The lowest BCUT2D eigenvalue weighted by molar-refractivity contribution is 0.0780. The number of aryl methyl sites for hydroxylation is 1. The first kappa shape index (κ1) is 29.9. The summed E-state index contributed by atoms with van der Waals surface area (Å²) >= 11 is 12.6. The van der Waals surface area contributed by atoms with Crippen LogP contribution in [-0.2, 0) is 15.4 Å². The number of benzene rings is 3. The van der Waals surface area contributed by atoms with E-state index in [1.807, 2.05) is 74.6 Å². The molecule has 0 aliphatic carbocycles. The van der Waals surface area contributed by atoms with Gasteiger partial charge in [-0.3, -0.25) is 9.10 Å². The molecular formula is C32H37Cl2N3O3S. The van der Waals surface area contributed by atoms with E-state index in [2.05, 4.69) is 11.0 Å². The summed E-state index contributed by atoms with van der Waals surface area (Å²) in [7, 11) is -1.49. The van der Waals surface area contributed by atoms with Crippen LogP contribution in [0.2, 0.25) is 10.0 Å². The number of sulfonamides is 1. The molecular weight excluding hydrogens is 577 g/mol. The molecule has 2 aliphatic heterocycles. The van der Waals surface area contributed by atoms with Gasteiger partial charge in [-0.25, -0.2) is 8.42 Å². The van der Waals surface area contributed by atoms with Crippen LogP contribution in [0.3, 0.4) is 0 Å².